The SMILES string of the molecule is CC(=N)/C=C(\N)c1cccc(C(CC(=O)O)CN2CCC(CCc3ccc4c(n3)NCCC4)C2)c1. The summed E-state index contributed by atoms with van der Waals surface area (Å²) in [5, 5.41) is 20.6. The number of anilines is 1. The molecule has 2 aliphatic rings. The van der Waals surface area contributed by atoms with E-state index in [4.69, 9.17) is 16.1 Å². The Morgan fingerprint density at radius 1 is 1.37 bits per heavy atom. The molecule has 5 N–H and O–H groups in total. The van der Waals surface area contributed by atoms with Crippen LogP contribution in [0.25, 0.3) is 5.70 Å². The number of aliphatic carboxylic acids is 1. The predicted molar refractivity (Wildman–Crippen MR) is 141 cm³/mol. The Hall–Kier alpha value is -3.19. The molecular formula is C28H37N5O2. The molecule has 3 heterocycles. The van der Waals surface area contributed by atoms with Gasteiger partial charge in [-0.25, -0.2) is 4.98 Å². The maximum Gasteiger partial charge on any atom is 0.304 e. The molecule has 0 saturated carbocycles. The van der Waals surface area contributed by atoms with E-state index in [1.807, 2.05) is 24.3 Å². The lowest BCUT2D eigenvalue weighted by Crippen LogP contribution is -2.28. The van der Waals surface area contributed by atoms with Gasteiger partial charge in [-0.3, -0.25) is 4.79 Å². The smallest absolute Gasteiger partial charge is 0.304 e. The highest BCUT2D eigenvalue weighted by Gasteiger charge is 2.27. The Labute approximate surface area is 208 Å². The van der Waals surface area contributed by atoms with E-state index >= 15 is 0 Å². The maximum absolute atomic E-state index is 11.7. The summed E-state index contributed by atoms with van der Waals surface area (Å²) in [4.78, 5) is 18.9. The van der Waals surface area contributed by atoms with E-state index in [0.29, 0.717) is 17.3 Å². The number of carboxylic acids is 1. The van der Waals surface area contributed by atoms with Crippen LogP contribution in [0.5, 0.6) is 0 Å². The molecule has 2 aromatic rings. The van der Waals surface area contributed by atoms with Crippen molar-refractivity contribution in [3.8, 4) is 0 Å². The van der Waals surface area contributed by atoms with Crippen LogP contribution < -0.4 is 11.1 Å². The number of fused-ring (bicyclic) bond motifs is 1. The fourth-order valence-electron chi connectivity index (χ4n) is 5.27. The van der Waals surface area contributed by atoms with Crippen LogP contribution in [-0.4, -0.2) is 52.9 Å². The Balaban J connectivity index is 1.36. The third-order valence-corrected chi connectivity index (χ3v) is 7.09. The summed E-state index contributed by atoms with van der Waals surface area (Å²) in [6, 6.07) is 12.2. The third-order valence-electron chi connectivity index (χ3n) is 7.09. The first-order chi connectivity index (χ1) is 16.9. The Morgan fingerprint density at radius 2 is 2.23 bits per heavy atom. The van der Waals surface area contributed by atoms with E-state index in [2.05, 4.69) is 22.3 Å². The fourth-order valence-corrected chi connectivity index (χ4v) is 5.27. The lowest BCUT2D eigenvalue weighted by molar-refractivity contribution is -0.137. The molecule has 35 heavy (non-hydrogen) atoms. The molecule has 0 bridgehead atoms. The van der Waals surface area contributed by atoms with Gasteiger partial charge in [0.15, 0.2) is 0 Å². The zero-order valence-electron chi connectivity index (χ0n) is 20.6. The number of likely N-dealkylation sites (tertiary alicyclic amines) is 1. The highest BCUT2D eigenvalue weighted by Crippen LogP contribution is 2.28. The number of hydrogen-bond donors (Lipinski definition) is 4. The number of aromatic nitrogens is 1. The zero-order chi connectivity index (χ0) is 24.8. The molecule has 7 nitrogen and oxygen atoms in total. The van der Waals surface area contributed by atoms with Crippen LogP contribution in [0.15, 0.2) is 42.5 Å². The number of carboxylic acid groups (broad SMARTS) is 1. The molecule has 7 heteroatoms. The van der Waals surface area contributed by atoms with Crippen LogP contribution in [0.1, 0.15) is 60.9 Å². The van der Waals surface area contributed by atoms with Crippen molar-refractivity contribution >= 4 is 23.2 Å². The van der Waals surface area contributed by atoms with Crippen LogP contribution >= 0.6 is 0 Å². The minimum atomic E-state index is -0.790. The lowest BCUT2D eigenvalue weighted by Gasteiger charge is -2.24. The van der Waals surface area contributed by atoms with Crippen molar-refractivity contribution in [1.29, 1.82) is 5.41 Å². The lowest BCUT2D eigenvalue weighted by atomic mass is 9.93. The second-order valence-electron chi connectivity index (χ2n) is 10.00. The number of nitrogens with two attached hydrogens (primary N) is 1. The molecule has 1 saturated heterocycles. The first-order valence-electron chi connectivity index (χ1n) is 12.7. The zero-order valence-corrected chi connectivity index (χ0v) is 20.6. The van der Waals surface area contributed by atoms with E-state index in [9.17, 15) is 9.90 Å². The topological polar surface area (TPSA) is 115 Å². The maximum atomic E-state index is 11.7. The van der Waals surface area contributed by atoms with Gasteiger partial charge in [-0.2, -0.15) is 0 Å². The standard InChI is InChI=1S/C28H37N5O2/c1-19(29)14-26(30)23-5-2-4-22(15-23)24(16-27(34)35)18-33-13-11-20(17-33)7-9-25-10-8-21-6-3-12-31-28(21)32-25/h2,4-5,8,10,14-15,20,24,29H,3,6-7,9,11-13,16-18,30H2,1H3,(H,31,32)(H,34,35)/b26-14-,29-19?. The van der Waals surface area contributed by atoms with E-state index in [0.717, 1.165) is 74.5 Å². The molecule has 1 fully saturated rings. The summed E-state index contributed by atoms with van der Waals surface area (Å²) < 4.78 is 0. The van der Waals surface area contributed by atoms with E-state index in [1.165, 1.54) is 12.0 Å². The molecule has 0 aliphatic carbocycles. The van der Waals surface area contributed by atoms with Crippen LogP contribution in [-0.2, 0) is 17.6 Å². The van der Waals surface area contributed by atoms with Gasteiger partial charge in [0.2, 0.25) is 0 Å². The van der Waals surface area contributed by atoms with Gasteiger partial charge >= 0.3 is 5.97 Å². The van der Waals surface area contributed by atoms with Crippen LogP contribution in [0.4, 0.5) is 5.82 Å². The number of pyridine rings is 1. The van der Waals surface area contributed by atoms with Crippen LogP contribution in [0, 0.1) is 11.3 Å². The van der Waals surface area contributed by atoms with Gasteiger partial charge in [-0.15, -0.1) is 0 Å². The van der Waals surface area contributed by atoms with Gasteiger partial charge < -0.3 is 26.5 Å². The summed E-state index contributed by atoms with van der Waals surface area (Å²) >= 11 is 0. The normalized spacial score (nSPS) is 19.1. The van der Waals surface area contributed by atoms with Crippen LogP contribution in [0.2, 0.25) is 0 Å². The summed E-state index contributed by atoms with van der Waals surface area (Å²) in [7, 11) is 0. The average molecular weight is 476 g/mol. The molecule has 2 unspecified atom stereocenters. The van der Waals surface area contributed by atoms with Crippen molar-refractivity contribution in [2.75, 3.05) is 31.5 Å². The van der Waals surface area contributed by atoms with Gasteiger partial charge in [0, 0.05) is 42.7 Å². The second-order valence-corrected chi connectivity index (χ2v) is 10.00. The Bertz CT molecular complexity index is 1100. The minimum absolute atomic E-state index is 0.0872. The number of nitrogens with one attached hydrogen (secondary N) is 2. The van der Waals surface area contributed by atoms with Crippen molar-refractivity contribution in [1.82, 2.24) is 9.88 Å². The average Bonchev–Trinajstić information content (AvgIpc) is 3.29. The molecule has 4 rings (SSSR count). The number of allylic oxidation sites excluding steroid dienone is 1. The number of rotatable bonds is 10. The van der Waals surface area contributed by atoms with E-state index in [1.54, 1.807) is 13.0 Å². The predicted octanol–water partition coefficient (Wildman–Crippen LogP) is 4.29. The molecule has 186 valence electrons. The first-order valence-corrected chi connectivity index (χ1v) is 12.7. The van der Waals surface area contributed by atoms with Crippen molar-refractivity contribution < 1.29 is 9.90 Å². The molecule has 2 atom stereocenters. The number of aryl methyl sites for hydroxylation is 2. The number of carbonyl (C=O) groups is 1. The summed E-state index contributed by atoms with van der Waals surface area (Å²) in [5.74, 6) is 0.772. The quantitative estimate of drug-likeness (QED) is 0.381. The van der Waals surface area contributed by atoms with Crippen LogP contribution in [0.3, 0.4) is 0 Å². The summed E-state index contributed by atoms with van der Waals surface area (Å²) in [6.07, 6.45) is 7.22. The first kappa shape index (κ1) is 24.9. The van der Waals surface area contributed by atoms with Gasteiger partial charge in [-0.1, -0.05) is 24.3 Å². The fraction of sp³-hybridized carbons (Fsp3) is 0.464. The molecule has 2 aliphatic heterocycles. The van der Waals surface area contributed by atoms with E-state index in [-0.39, 0.29) is 12.3 Å². The number of hydrogen-bond acceptors (Lipinski definition) is 6. The molecule has 0 radical (unpaired) electrons. The molecule has 0 spiro atoms. The summed E-state index contributed by atoms with van der Waals surface area (Å²) in [6.45, 7) is 5.40. The molecule has 1 aromatic heterocycles. The largest absolute Gasteiger partial charge is 0.481 e. The van der Waals surface area contributed by atoms with Crippen molar-refractivity contribution in [2.45, 2.75) is 51.4 Å². The molecule has 1 aromatic carbocycles. The van der Waals surface area contributed by atoms with Gasteiger partial charge in [0.05, 0.1) is 6.42 Å². The van der Waals surface area contributed by atoms with Gasteiger partial charge in [-0.05, 0) is 86.4 Å². The van der Waals surface area contributed by atoms with E-state index < -0.39 is 5.97 Å². The van der Waals surface area contributed by atoms with Gasteiger partial charge in [0.1, 0.15) is 5.82 Å². The highest BCUT2D eigenvalue weighted by atomic mass is 16.4. The monoisotopic (exact) mass is 475 g/mol. The van der Waals surface area contributed by atoms with Gasteiger partial charge in [0.25, 0.3) is 0 Å². The van der Waals surface area contributed by atoms with Crippen molar-refractivity contribution in [2.24, 2.45) is 11.7 Å². The number of nitrogens with zero attached hydrogens (tertiary/aromatic N) is 2. The Morgan fingerprint density at radius 3 is 3.03 bits per heavy atom. The highest BCUT2D eigenvalue weighted by molar-refractivity contribution is 5.96. The number of benzene rings is 1. The Kier molecular flexibility index (Phi) is 8.18. The third kappa shape index (κ3) is 6.92. The molecule has 0 amide bonds. The summed E-state index contributed by atoms with van der Waals surface area (Å²) in [5.41, 5.74) is 11.4. The molecular weight excluding hydrogens is 438 g/mol. The minimum Gasteiger partial charge on any atom is -0.481 e. The second kappa shape index (κ2) is 11.5. The van der Waals surface area contributed by atoms with Crippen molar-refractivity contribution in [3.63, 3.8) is 0 Å². The van der Waals surface area contributed by atoms with Crippen molar-refractivity contribution in [3.05, 3.63) is 64.9 Å².